The standard InChI is InChI=1S/C17H16O4.C16H24O.C9H18O/c1-12(18)14-3-7-16(8-4-14)20-11-21-17-9-5-15(6-10-17)13(2)19;1-3-4-5-6-7-8-9-15-10-12-16(13-11-15)14(2)17;1-3-4-5-6-7-8-9(2)10/h3-10H,11H2,1-2H3;10-13H,3-9H2,1-2H3;3-8H2,1-2H3. The van der Waals surface area contributed by atoms with Crippen LogP contribution in [-0.4, -0.2) is 29.9 Å². The predicted octanol–water partition coefficient (Wildman–Crippen LogP) is 11.2. The first-order valence-electron chi connectivity index (χ1n) is 17.6. The van der Waals surface area contributed by atoms with Crippen LogP contribution in [0, 0.1) is 0 Å². The summed E-state index contributed by atoms with van der Waals surface area (Å²) in [7, 11) is 0. The molecule has 0 aliphatic carbocycles. The van der Waals surface area contributed by atoms with Crippen molar-refractivity contribution < 1.29 is 28.7 Å². The van der Waals surface area contributed by atoms with Crippen LogP contribution in [0.25, 0.3) is 0 Å². The van der Waals surface area contributed by atoms with Crippen LogP contribution in [0.15, 0.2) is 72.8 Å². The third-order valence-electron chi connectivity index (χ3n) is 7.78. The van der Waals surface area contributed by atoms with Gasteiger partial charge in [-0.15, -0.1) is 0 Å². The number of hydrogen-bond donors (Lipinski definition) is 0. The summed E-state index contributed by atoms with van der Waals surface area (Å²) in [5.74, 6) is 1.76. The largest absolute Gasteiger partial charge is 0.458 e. The molecule has 6 heteroatoms. The van der Waals surface area contributed by atoms with Gasteiger partial charge >= 0.3 is 0 Å². The van der Waals surface area contributed by atoms with Crippen molar-refractivity contribution >= 4 is 23.1 Å². The van der Waals surface area contributed by atoms with Gasteiger partial charge in [0.05, 0.1) is 0 Å². The zero-order valence-corrected chi connectivity index (χ0v) is 30.3. The van der Waals surface area contributed by atoms with E-state index in [1.54, 1.807) is 62.4 Å². The van der Waals surface area contributed by atoms with Crippen LogP contribution in [0.1, 0.15) is 155 Å². The summed E-state index contributed by atoms with van der Waals surface area (Å²) in [6, 6.07) is 21.8. The maximum Gasteiger partial charge on any atom is 0.230 e. The molecule has 0 atom stereocenters. The van der Waals surface area contributed by atoms with Crippen LogP contribution in [0.4, 0.5) is 0 Å². The molecule has 0 aliphatic rings. The summed E-state index contributed by atoms with van der Waals surface area (Å²) < 4.78 is 10.8. The van der Waals surface area contributed by atoms with Crippen molar-refractivity contribution in [1.29, 1.82) is 0 Å². The lowest BCUT2D eigenvalue weighted by atomic mass is 10.0. The number of carbonyl (C=O) groups is 4. The van der Waals surface area contributed by atoms with Crippen LogP contribution >= 0.6 is 0 Å². The number of aryl methyl sites for hydroxylation is 1. The molecule has 0 saturated carbocycles. The Kier molecular flexibility index (Phi) is 22.7. The van der Waals surface area contributed by atoms with E-state index in [0.717, 1.165) is 24.8 Å². The maximum atomic E-state index is 11.1. The molecule has 3 aromatic carbocycles. The molecule has 0 heterocycles. The van der Waals surface area contributed by atoms with Gasteiger partial charge in [0, 0.05) is 23.1 Å². The van der Waals surface area contributed by atoms with Crippen molar-refractivity contribution in [3.05, 3.63) is 95.1 Å². The molecule has 6 nitrogen and oxygen atoms in total. The highest BCUT2D eigenvalue weighted by Crippen LogP contribution is 2.16. The van der Waals surface area contributed by atoms with Crippen molar-refractivity contribution in [3.8, 4) is 11.5 Å². The Labute approximate surface area is 289 Å². The van der Waals surface area contributed by atoms with Gasteiger partial charge in [-0.25, -0.2) is 0 Å². The van der Waals surface area contributed by atoms with Crippen molar-refractivity contribution in [3.63, 3.8) is 0 Å². The average Bonchev–Trinajstić information content (AvgIpc) is 3.07. The number of carbonyl (C=O) groups excluding carboxylic acids is 4. The van der Waals surface area contributed by atoms with Gasteiger partial charge in [-0.05, 0) is 101 Å². The topological polar surface area (TPSA) is 86.7 Å². The molecule has 0 aliphatic heterocycles. The first kappa shape index (κ1) is 42.0. The first-order valence-corrected chi connectivity index (χ1v) is 17.6. The summed E-state index contributed by atoms with van der Waals surface area (Å²) in [4.78, 5) is 43.9. The highest BCUT2D eigenvalue weighted by Gasteiger charge is 2.02. The van der Waals surface area contributed by atoms with Gasteiger partial charge in [0.25, 0.3) is 0 Å². The van der Waals surface area contributed by atoms with E-state index in [0.29, 0.717) is 28.4 Å². The van der Waals surface area contributed by atoms with E-state index in [1.807, 2.05) is 12.1 Å². The summed E-state index contributed by atoms with van der Waals surface area (Å²) in [5, 5.41) is 0. The minimum atomic E-state index is 0.0170. The molecule has 0 spiro atoms. The first-order chi connectivity index (χ1) is 23.1. The fourth-order valence-electron chi connectivity index (χ4n) is 4.73. The zero-order valence-electron chi connectivity index (χ0n) is 30.3. The number of Topliss-reactive ketones (excluding diaryl/α,β-unsaturated/α-hetero) is 4. The van der Waals surface area contributed by atoms with E-state index >= 15 is 0 Å². The van der Waals surface area contributed by atoms with Gasteiger partial charge in [0.2, 0.25) is 6.79 Å². The lowest BCUT2D eigenvalue weighted by molar-refractivity contribution is -0.117. The smallest absolute Gasteiger partial charge is 0.230 e. The molecule has 3 aromatic rings. The summed E-state index contributed by atoms with van der Waals surface area (Å²) in [6.45, 7) is 10.8. The minimum Gasteiger partial charge on any atom is -0.458 e. The van der Waals surface area contributed by atoms with Gasteiger partial charge in [-0.3, -0.25) is 14.4 Å². The average molecular weight is 659 g/mol. The number of ketones is 4. The SMILES string of the molecule is CC(=O)c1ccc(OCOc2ccc(C(C)=O)cc2)cc1.CCCCCCCC(C)=O.CCCCCCCCc1ccc(C(C)=O)cc1. The molecule has 0 saturated heterocycles. The Morgan fingerprint density at radius 1 is 0.458 bits per heavy atom. The number of hydrogen-bond acceptors (Lipinski definition) is 6. The molecule has 0 amide bonds. The molecule has 0 aromatic heterocycles. The van der Waals surface area contributed by atoms with Crippen molar-refractivity contribution in [2.45, 2.75) is 125 Å². The van der Waals surface area contributed by atoms with Gasteiger partial charge in [-0.1, -0.05) is 95.9 Å². The van der Waals surface area contributed by atoms with Crippen LogP contribution in [-0.2, 0) is 11.2 Å². The predicted molar refractivity (Wildman–Crippen MR) is 197 cm³/mol. The van der Waals surface area contributed by atoms with E-state index in [9.17, 15) is 19.2 Å². The van der Waals surface area contributed by atoms with Gasteiger partial charge in [-0.2, -0.15) is 0 Å². The molecule has 0 bridgehead atoms. The van der Waals surface area contributed by atoms with Gasteiger partial charge in [0.15, 0.2) is 17.3 Å². The zero-order chi connectivity index (χ0) is 35.6. The number of unbranched alkanes of at least 4 members (excludes halogenated alkanes) is 9. The molecule has 48 heavy (non-hydrogen) atoms. The van der Waals surface area contributed by atoms with Gasteiger partial charge < -0.3 is 14.3 Å². The number of benzene rings is 3. The lowest BCUT2D eigenvalue weighted by Gasteiger charge is -2.09. The quantitative estimate of drug-likeness (QED) is 0.0682. The Morgan fingerprint density at radius 2 is 0.812 bits per heavy atom. The fourth-order valence-corrected chi connectivity index (χ4v) is 4.73. The highest BCUT2D eigenvalue weighted by molar-refractivity contribution is 5.95. The molecular formula is C42H58O6. The Morgan fingerprint density at radius 3 is 1.19 bits per heavy atom. The van der Waals surface area contributed by atoms with E-state index in [1.165, 1.54) is 83.6 Å². The van der Waals surface area contributed by atoms with Crippen LogP contribution in [0.3, 0.4) is 0 Å². The summed E-state index contributed by atoms with van der Waals surface area (Å²) in [5.41, 5.74) is 3.45. The normalized spacial score (nSPS) is 10.1. The number of ether oxygens (including phenoxy) is 2. The molecule has 262 valence electrons. The Balaban J connectivity index is 0.000000384. The molecular weight excluding hydrogens is 600 g/mol. The van der Waals surface area contributed by atoms with E-state index < -0.39 is 0 Å². The van der Waals surface area contributed by atoms with Crippen LogP contribution in [0.2, 0.25) is 0 Å². The molecule has 3 rings (SSSR count). The Hall–Kier alpha value is -4.06. The van der Waals surface area contributed by atoms with Crippen LogP contribution in [0.5, 0.6) is 11.5 Å². The fraction of sp³-hybridized carbons (Fsp3) is 0.476. The molecule has 0 N–H and O–H groups in total. The number of rotatable bonds is 20. The second-order valence-electron chi connectivity index (χ2n) is 12.2. The van der Waals surface area contributed by atoms with Crippen molar-refractivity contribution in [2.24, 2.45) is 0 Å². The van der Waals surface area contributed by atoms with Crippen molar-refractivity contribution in [2.75, 3.05) is 6.79 Å². The molecule has 0 unspecified atom stereocenters. The van der Waals surface area contributed by atoms with Gasteiger partial charge in [0.1, 0.15) is 17.3 Å². The van der Waals surface area contributed by atoms with E-state index in [-0.39, 0.29) is 24.1 Å². The Bertz CT molecular complexity index is 1270. The molecule has 0 fully saturated rings. The minimum absolute atomic E-state index is 0.0170. The third-order valence-corrected chi connectivity index (χ3v) is 7.78. The summed E-state index contributed by atoms with van der Waals surface area (Å²) in [6.07, 6.45) is 16.1. The lowest BCUT2D eigenvalue weighted by Crippen LogP contribution is -2.06. The summed E-state index contributed by atoms with van der Waals surface area (Å²) >= 11 is 0. The molecule has 0 radical (unpaired) electrons. The highest BCUT2D eigenvalue weighted by atomic mass is 16.7. The second kappa shape index (κ2) is 26.0. The van der Waals surface area contributed by atoms with Crippen LogP contribution < -0.4 is 9.47 Å². The third kappa shape index (κ3) is 20.2. The second-order valence-corrected chi connectivity index (χ2v) is 12.2. The van der Waals surface area contributed by atoms with E-state index in [2.05, 4.69) is 26.0 Å². The maximum absolute atomic E-state index is 11.1. The van der Waals surface area contributed by atoms with Crippen molar-refractivity contribution in [1.82, 2.24) is 0 Å². The monoisotopic (exact) mass is 658 g/mol. The van der Waals surface area contributed by atoms with E-state index in [4.69, 9.17) is 9.47 Å².